The van der Waals surface area contributed by atoms with Crippen LogP contribution in [0.1, 0.15) is 68.5 Å². The zero-order valence-electron chi connectivity index (χ0n) is 22.5. The van der Waals surface area contributed by atoms with Crippen LogP contribution in [0.25, 0.3) is 10.8 Å². The monoisotopic (exact) mass is 504 g/mol. The van der Waals surface area contributed by atoms with E-state index in [4.69, 9.17) is 0 Å². The molecule has 0 N–H and O–H groups in total. The second kappa shape index (κ2) is 9.56. The van der Waals surface area contributed by atoms with Crippen molar-refractivity contribution in [3.63, 3.8) is 0 Å². The van der Waals surface area contributed by atoms with Gasteiger partial charge in [-0.05, 0) is 66.6 Å². The van der Waals surface area contributed by atoms with E-state index in [1.807, 2.05) is 80.6 Å². The molecule has 0 saturated carbocycles. The average molecular weight is 505 g/mol. The van der Waals surface area contributed by atoms with Gasteiger partial charge >= 0.3 is 0 Å². The molecule has 1 heterocycles. The first-order chi connectivity index (χ1) is 18.0. The lowest BCUT2D eigenvalue weighted by atomic mass is 9.87. The van der Waals surface area contributed by atoms with E-state index in [1.165, 1.54) is 4.90 Å². The quantitative estimate of drug-likeness (QED) is 0.284. The second-order valence-corrected chi connectivity index (χ2v) is 11.1. The van der Waals surface area contributed by atoms with Crippen LogP contribution in [0, 0.1) is 13.8 Å². The van der Waals surface area contributed by atoms with Gasteiger partial charge in [-0.25, -0.2) is 0 Å². The van der Waals surface area contributed by atoms with E-state index in [1.54, 1.807) is 17.0 Å². The van der Waals surface area contributed by atoms with E-state index in [9.17, 15) is 14.4 Å². The van der Waals surface area contributed by atoms with E-state index >= 15 is 0 Å². The Labute approximate surface area is 223 Å². The van der Waals surface area contributed by atoms with Crippen molar-refractivity contribution >= 4 is 34.2 Å². The van der Waals surface area contributed by atoms with Gasteiger partial charge in [0.15, 0.2) is 0 Å². The second-order valence-electron chi connectivity index (χ2n) is 11.1. The topological polar surface area (TPSA) is 57.7 Å². The zero-order chi connectivity index (χ0) is 27.2. The van der Waals surface area contributed by atoms with E-state index < -0.39 is 0 Å². The number of carbonyl (C=O) groups is 3. The molecule has 0 fully saturated rings. The predicted octanol–water partition coefficient (Wildman–Crippen LogP) is 6.70. The fraction of sp³-hybridized carbons (Fsp3) is 0.242. The van der Waals surface area contributed by atoms with Gasteiger partial charge in [-0.1, -0.05) is 74.4 Å². The van der Waals surface area contributed by atoms with Crippen molar-refractivity contribution in [2.24, 2.45) is 0 Å². The number of nitrogens with zero attached hydrogens (tertiary/aromatic N) is 2. The predicted molar refractivity (Wildman–Crippen MR) is 152 cm³/mol. The Balaban J connectivity index is 1.49. The summed E-state index contributed by atoms with van der Waals surface area (Å²) in [5.41, 5.74) is 5.47. The summed E-state index contributed by atoms with van der Waals surface area (Å²) in [6.45, 7) is 10.6. The normalized spacial score (nSPS) is 13.2. The van der Waals surface area contributed by atoms with Crippen LogP contribution in [-0.4, -0.2) is 35.7 Å². The first-order valence-corrected chi connectivity index (χ1v) is 12.9. The van der Waals surface area contributed by atoms with E-state index in [0.717, 1.165) is 27.8 Å². The summed E-state index contributed by atoms with van der Waals surface area (Å²) < 4.78 is 0. The SMILES string of the molecule is Cc1cc(C)cc(C(=O)N(CCN2C(=O)c3cccc4cccc(c34)C2=O)c2ccc(C(C)(C)C)cc2)c1. The third-order valence-electron chi connectivity index (χ3n) is 7.16. The summed E-state index contributed by atoms with van der Waals surface area (Å²) in [5, 5.41) is 1.56. The highest BCUT2D eigenvalue weighted by Crippen LogP contribution is 2.31. The van der Waals surface area contributed by atoms with Crippen molar-refractivity contribution < 1.29 is 14.4 Å². The number of benzene rings is 4. The van der Waals surface area contributed by atoms with E-state index in [2.05, 4.69) is 20.8 Å². The summed E-state index contributed by atoms with van der Waals surface area (Å²) in [4.78, 5) is 43.7. The molecule has 5 heteroatoms. The van der Waals surface area contributed by atoms with E-state index in [0.29, 0.717) is 22.1 Å². The summed E-state index contributed by atoms with van der Waals surface area (Å²) in [7, 11) is 0. The maximum absolute atomic E-state index is 13.9. The van der Waals surface area contributed by atoms with Gasteiger partial charge in [0, 0.05) is 40.9 Å². The molecule has 1 aliphatic rings. The van der Waals surface area contributed by atoms with Gasteiger partial charge in [0.05, 0.1) is 0 Å². The van der Waals surface area contributed by atoms with Gasteiger partial charge in [-0.15, -0.1) is 0 Å². The molecular formula is C33H32N2O3. The molecule has 5 nitrogen and oxygen atoms in total. The molecule has 0 radical (unpaired) electrons. The minimum atomic E-state index is -0.332. The average Bonchev–Trinajstić information content (AvgIpc) is 2.88. The smallest absolute Gasteiger partial charge is 0.261 e. The Morgan fingerprint density at radius 3 is 1.87 bits per heavy atom. The van der Waals surface area contributed by atoms with Crippen molar-refractivity contribution in [3.05, 3.63) is 112 Å². The van der Waals surface area contributed by atoms with Crippen LogP contribution in [0.5, 0.6) is 0 Å². The summed E-state index contributed by atoms with van der Waals surface area (Å²) >= 11 is 0. The van der Waals surface area contributed by atoms with Crippen molar-refractivity contribution in [3.8, 4) is 0 Å². The lowest BCUT2D eigenvalue weighted by Crippen LogP contribution is -2.46. The van der Waals surface area contributed by atoms with Gasteiger partial charge in [-0.2, -0.15) is 0 Å². The number of aryl methyl sites for hydroxylation is 2. The molecule has 38 heavy (non-hydrogen) atoms. The molecule has 4 aromatic carbocycles. The zero-order valence-corrected chi connectivity index (χ0v) is 22.5. The molecule has 3 amide bonds. The van der Waals surface area contributed by atoms with Crippen molar-refractivity contribution in [1.82, 2.24) is 4.90 Å². The molecule has 0 aliphatic carbocycles. The van der Waals surface area contributed by atoms with Crippen LogP contribution >= 0.6 is 0 Å². The van der Waals surface area contributed by atoms with Gasteiger partial charge in [0.25, 0.3) is 17.7 Å². The van der Waals surface area contributed by atoms with Crippen molar-refractivity contribution in [2.75, 3.05) is 18.0 Å². The molecule has 1 aliphatic heterocycles. The highest BCUT2D eigenvalue weighted by Gasteiger charge is 2.33. The first-order valence-electron chi connectivity index (χ1n) is 12.9. The molecule has 0 atom stereocenters. The molecule has 192 valence electrons. The Morgan fingerprint density at radius 2 is 1.34 bits per heavy atom. The standard InChI is InChI=1S/C33H32N2O3/c1-21-18-22(2)20-24(19-21)30(36)34(26-14-12-25(13-15-26)33(3,4)5)16-17-35-31(37)27-10-6-8-23-9-7-11-28(29(23)27)32(35)38/h6-15,18-20H,16-17H2,1-5H3. The molecular weight excluding hydrogens is 472 g/mol. The summed E-state index contributed by atoms with van der Waals surface area (Å²) in [6, 6.07) is 24.7. The number of rotatable bonds is 5. The highest BCUT2D eigenvalue weighted by molar-refractivity contribution is 6.25. The molecule has 0 spiro atoms. The van der Waals surface area contributed by atoms with Crippen LogP contribution in [0.4, 0.5) is 5.69 Å². The number of imide groups is 1. The Morgan fingerprint density at radius 1 is 0.789 bits per heavy atom. The number of anilines is 1. The van der Waals surface area contributed by atoms with Crippen LogP contribution in [-0.2, 0) is 5.41 Å². The Hall–Kier alpha value is -4.25. The summed E-state index contributed by atoms with van der Waals surface area (Å²) in [5.74, 6) is -0.831. The van der Waals surface area contributed by atoms with Gasteiger partial charge in [-0.3, -0.25) is 19.3 Å². The maximum Gasteiger partial charge on any atom is 0.261 e. The molecule has 0 bridgehead atoms. The van der Waals surface area contributed by atoms with Crippen LogP contribution in [0.15, 0.2) is 78.9 Å². The number of carbonyl (C=O) groups excluding carboxylic acids is 3. The van der Waals surface area contributed by atoms with Crippen LogP contribution < -0.4 is 4.90 Å². The van der Waals surface area contributed by atoms with E-state index in [-0.39, 0.29) is 36.2 Å². The van der Waals surface area contributed by atoms with Crippen molar-refractivity contribution in [2.45, 2.75) is 40.0 Å². The fourth-order valence-electron chi connectivity index (χ4n) is 5.23. The Kier molecular flexibility index (Phi) is 6.39. The largest absolute Gasteiger partial charge is 0.307 e. The van der Waals surface area contributed by atoms with Crippen LogP contribution in [0.3, 0.4) is 0 Å². The third-order valence-corrected chi connectivity index (χ3v) is 7.16. The minimum Gasteiger partial charge on any atom is -0.307 e. The highest BCUT2D eigenvalue weighted by atomic mass is 16.2. The fourth-order valence-corrected chi connectivity index (χ4v) is 5.23. The molecule has 5 rings (SSSR count). The van der Waals surface area contributed by atoms with Gasteiger partial charge in [0.1, 0.15) is 0 Å². The van der Waals surface area contributed by atoms with Gasteiger partial charge in [0.2, 0.25) is 0 Å². The number of amides is 3. The molecule has 4 aromatic rings. The summed E-state index contributed by atoms with van der Waals surface area (Å²) in [6.07, 6.45) is 0. The lowest BCUT2D eigenvalue weighted by Gasteiger charge is -2.30. The van der Waals surface area contributed by atoms with Gasteiger partial charge < -0.3 is 4.90 Å². The Bertz CT molecular complexity index is 1510. The lowest BCUT2D eigenvalue weighted by molar-refractivity contribution is 0.0611. The number of hydrogen-bond donors (Lipinski definition) is 0. The molecule has 0 saturated heterocycles. The third kappa shape index (κ3) is 4.60. The first kappa shape index (κ1) is 25.4. The molecule has 0 unspecified atom stereocenters. The minimum absolute atomic E-state index is 0.0257. The van der Waals surface area contributed by atoms with Crippen molar-refractivity contribution in [1.29, 1.82) is 0 Å². The van der Waals surface area contributed by atoms with Crippen LogP contribution in [0.2, 0.25) is 0 Å². The number of hydrogen-bond acceptors (Lipinski definition) is 3. The maximum atomic E-state index is 13.9. The molecule has 0 aromatic heterocycles.